The van der Waals surface area contributed by atoms with Crippen LogP contribution in [0, 0.1) is 17.3 Å². The van der Waals surface area contributed by atoms with Gasteiger partial charge in [-0.05, 0) is 43.4 Å². The molecule has 0 aromatic rings. The van der Waals surface area contributed by atoms with Crippen molar-refractivity contribution in [2.75, 3.05) is 19.6 Å². The van der Waals surface area contributed by atoms with Gasteiger partial charge in [0.25, 0.3) is 0 Å². The Morgan fingerprint density at radius 2 is 1.85 bits per heavy atom. The summed E-state index contributed by atoms with van der Waals surface area (Å²) in [4.78, 5) is 14.3. The molecule has 0 bridgehead atoms. The number of carbonyl (C=O) groups is 1. The largest absolute Gasteiger partial charge is 0.393 e. The minimum atomic E-state index is -0.323. The van der Waals surface area contributed by atoms with Gasteiger partial charge < -0.3 is 15.3 Å². The summed E-state index contributed by atoms with van der Waals surface area (Å²) in [6, 6.07) is 0.0815. The van der Waals surface area contributed by atoms with Gasteiger partial charge in [-0.3, -0.25) is 0 Å². The number of amides is 2. The summed E-state index contributed by atoms with van der Waals surface area (Å²) in [5.41, 5.74) is -0.0592. The van der Waals surface area contributed by atoms with Crippen LogP contribution in [-0.4, -0.2) is 41.8 Å². The van der Waals surface area contributed by atoms with Gasteiger partial charge in [-0.15, -0.1) is 0 Å². The topological polar surface area (TPSA) is 52.6 Å². The predicted molar refractivity (Wildman–Crippen MR) is 80.5 cm³/mol. The molecule has 2 rings (SSSR count). The Morgan fingerprint density at radius 1 is 1.30 bits per heavy atom. The van der Waals surface area contributed by atoms with Crippen LogP contribution in [0.2, 0.25) is 0 Å². The molecule has 2 aliphatic rings. The number of carbonyl (C=O) groups excluding carboxylic acids is 1. The Balaban J connectivity index is 1.78. The molecule has 3 unspecified atom stereocenters. The van der Waals surface area contributed by atoms with Gasteiger partial charge in [0.2, 0.25) is 0 Å². The molecular formula is C16H30N2O2. The Labute approximate surface area is 122 Å². The fourth-order valence-corrected chi connectivity index (χ4v) is 3.87. The highest BCUT2D eigenvalue weighted by molar-refractivity contribution is 5.74. The van der Waals surface area contributed by atoms with Gasteiger partial charge in [0.15, 0.2) is 0 Å². The lowest BCUT2D eigenvalue weighted by atomic mass is 9.82. The van der Waals surface area contributed by atoms with Crippen LogP contribution in [0.15, 0.2) is 0 Å². The molecule has 0 aromatic carbocycles. The zero-order valence-corrected chi connectivity index (χ0v) is 13.2. The van der Waals surface area contributed by atoms with E-state index >= 15 is 0 Å². The molecule has 0 aromatic heterocycles. The number of nitrogens with one attached hydrogen (secondary N) is 1. The molecular weight excluding hydrogens is 252 g/mol. The summed E-state index contributed by atoms with van der Waals surface area (Å²) >= 11 is 0. The highest BCUT2D eigenvalue weighted by Crippen LogP contribution is 2.36. The first-order valence-electron chi connectivity index (χ1n) is 8.08. The van der Waals surface area contributed by atoms with E-state index in [1.54, 1.807) is 6.92 Å². The van der Waals surface area contributed by atoms with Crippen LogP contribution in [0.3, 0.4) is 0 Å². The monoisotopic (exact) mass is 282 g/mol. The van der Waals surface area contributed by atoms with Crippen LogP contribution in [0.25, 0.3) is 0 Å². The molecule has 2 fully saturated rings. The molecule has 1 aliphatic carbocycles. The maximum atomic E-state index is 12.3. The molecule has 0 spiro atoms. The van der Waals surface area contributed by atoms with Gasteiger partial charge in [0.05, 0.1) is 6.10 Å². The van der Waals surface area contributed by atoms with Crippen molar-refractivity contribution in [1.82, 2.24) is 10.2 Å². The smallest absolute Gasteiger partial charge is 0.317 e. The van der Waals surface area contributed by atoms with Crippen molar-refractivity contribution in [3.05, 3.63) is 0 Å². The molecule has 4 nitrogen and oxygen atoms in total. The van der Waals surface area contributed by atoms with Gasteiger partial charge in [-0.25, -0.2) is 4.79 Å². The SMILES string of the molecule is CC(O)CC(C)(C)CNC(=O)N1CC2CCCCC2C1. The van der Waals surface area contributed by atoms with Gasteiger partial charge in [-0.2, -0.15) is 0 Å². The summed E-state index contributed by atoms with van der Waals surface area (Å²) < 4.78 is 0. The highest BCUT2D eigenvalue weighted by Gasteiger charge is 2.36. The minimum absolute atomic E-state index is 0.0592. The first-order valence-corrected chi connectivity index (χ1v) is 8.08. The van der Waals surface area contributed by atoms with Crippen molar-refractivity contribution in [2.45, 2.75) is 59.0 Å². The highest BCUT2D eigenvalue weighted by atomic mass is 16.3. The van der Waals surface area contributed by atoms with E-state index in [9.17, 15) is 9.90 Å². The van der Waals surface area contributed by atoms with Crippen molar-refractivity contribution in [1.29, 1.82) is 0 Å². The predicted octanol–water partition coefficient (Wildman–Crippen LogP) is 2.62. The fraction of sp³-hybridized carbons (Fsp3) is 0.938. The molecule has 116 valence electrons. The lowest BCUT2D eigenvalue weighted by molar-refractivity contribution is 0.127. The lowest BCUT2D eigenvalue weighted by Crippen LogP contribution is -2.43. The van der Waals surface area contributed by atoms with E-state index in [4.69, 9.17) is 0 Å². The van der Waals surface area contributed by atoms with Crippen molar-refractivity contribution >= 4 is 6.03 Å². The summed E-state index contributed by atoms with van der Waals surface area (Å²) in [7, 11) is 0. The van der Waals surface area contributed by atoms with E-state index < -0.39 is 0 Å². The van der Waals surface area contributed by atoms with Gasteiger partial charge in [-0.1, -0.05) is 26.7 Å². The number of rotatable bonds is 4. The third-order valence-electron chi connectivity index (χ3n) is 4.83. The molecule has 20 heavy (non-hydrogen) atoms. The normalized spacial score (nSPS) is 28.1. The average Bonchev–Trinajstić information content (AvgIpc) is 2.78. The van der Waals surface area contributed by atoms with Gasteiger partial charge >= 0.3 is 6.03 Å². The van der Waals surface area contributed by atoms with E-state index in [1.165, 1.54) is 25.7 Å². The molecule has 2 amide bonds. The van der Waals surface area contributed by atoms with Crippen LogP contribution in [-0.2, 0) is 0 Å². The van der Waals surface area contributed by atoms with E-state index in [2.05, 4.69) is 19.2 Å². The number of fused-ring (bicyclic) bond motifs is 1. The number of hydrogen-bond acceptors (Lipinski definition) is 2. The maximum absolute atomic E-state index is 12.3. The first-order chi connectivity index (χ1) is 9.37. The van der Waals surface area contributed by atoms with Crippen LogP contribution in [0.5, 0.6) is 0 Å². The second-order valence-electron chi connectivity index (χ2n) is 7.59. The quantitative estimate of drug-likeness (QED) is 0.833. The third-order valence-corrected chi connectivity index (χ3v) is 4.83. The number of aliphatic hydroxyl groups is 1. The van der Waals surface area contributed by atoms with Gasteiger partial charge in [0, 0.05) is 19.6 Å². The number of likely N-dealkylation sites (tertiary alicyclic amines) is 1. The number of hydrogen-bond donors (Lipinski definition) is 2. The third kappa shape index (κ3) is 4.11. The minimum Gasteiger partial charge on any atom is -0.393 e. The number of urea groups is 1. The number of aliphatic hydroxyl groups excluding tert-OH is 1. The Hall–Kier alpha value is -0.770. The van der Waals surface area contributed by atoms with Crippen molar-refractivity contribution in [3.63, 3.8) is 0 Å². The van der Waals surface area contributed by atoms with Crippen molar-refractivity contribution < 1.29 is 9.90 Å². The molecule has 2 N–H and O–H groups in total. The van der Waals surface area contributed by atoms with Crippen LogP contribution in [0.4, 0.5) is 4.79 Å². The zero-order chi connectivity index (χ0) is 14.8. The Bertz CT molecular complexity index is 327. The fourth-order valence-electron chi connectivity index (χ4n) is 3.87. The molecule has 1 aliphatic heterocycles. The summed E-state index contributed by atoms with van der Waals surface area (Å²) in [6.07, 6.45) is 5.63. The van der Waals surface area contributed by atoms with E-state index in [0.29, 0.717) is 13.0 Å². The average molecular weight is 282 g/mol. The van der Waals surface area contributed by atoms with E-state index in [1.807, 2.05) is 4.90 Å². The Morgan fingerprint density at radius 3 is 2.35 bits per heavy atom. The Kier molecular flexibility index (Phi) is 4.95. The van der Waals surface area contributed by atoms with Crippen LogP contribution >= 0.6 is 0 Å². The van der Waals surface area contributed by atoms with Crippen LogP contribution in [0.1, 0.15) is 52.9 Å². The second kappa shape index (κ2) is 6.33. The van der Waals surface area contributed by atoms with E-state index in [-0.39, 0.29) is 17.6 Å². The molecule has 3 atom stereocenters. The molecule has 4 heteroatoms. The second-order valence-corrected chi connectivity index (χ2v) is 7.59. The summed E-state index contributed by atoms with van der Waals surface area (Å²) in [6.45, 7) is 8.48. The van der Waals surface area contributed by atoms with Gasteiger partial charge in [0.1, 0.15) is 0 Å². The number of nitrogens with zero attached hydrogens (tertiary/aromatic N) is 1. The lowest BCUT2D eigenvalue weighted by Gasteiger charge is -2.28. The van der Waals surface area contributed by atoms with Crippen molar-refractivity contribution in [3.8, 4) is 0 Å². The summed E-state index contributed by atoms with van der Waals surface area (Å²) in [5, 5.41) is 12.5. The summed E-state index contributed by atoms with van der Waals surface area (Å²) in [5.74, 6) is 1.47. The molecule has 1 saturated heterocycles. The maximum Gasteiger partial charge on any atom is 0.317 e. The molecule has 1 saturated carbocycles. The van der Waals surface area contributed by atoms with Crippen molar-refractivity contribution in [2.24, 2.45) is 17.3 Å². The standard InChI is InChI=1S/C16H30N2O2/c1-12(19)8-16(2,3)11-17-15(20)18-9-13-6-4-5-7-14(13)10-18/h12-14,19H,4-11H2,1-3H3,(H,17,20). The first kappa shape index (κ1) is 15.6. The molecule has 0 radical (unpaired) electrons. The van der Waals surface area contributed by atoms with E-state index in [0.717, 1.165) is 24.9 Å². The molecule has 1 heterocycles. The van der Waals surface area contributed by atoms with Crippen LogP contribution < -0.4 is 5.32 Å². The zero-order valence-electron chi connectivity index (χ0n) is 13.2.